The second-order valence-corrected chi connectivity index (χ2v) is 8.83. The highest BCUT2D eigenvalue weighted by molar-refractivity contribution is 6.23. The Morgan fingerprint density at radius 3 is 1.40 bits per heavy atom. The van der Waals surface area contributed by atoms with Crippen LogP contribution in [0.5, 0.6) is 0 Å². The van der Waals surface area contributed by atoms with Crippen molar-refractivity contribution >= 4 is 32.3 Å². The Morgan fingerprint density at radius 1 is 0.286 bits per heavy atom. The molecule has 0 nitrogen and oxygen atoms in total. The summed E-state index contributed by atoms with van der Waals surface area (Å²) in [5.41, 5.74) is -5.67. The van der Waals surface area contributed by atoms with Crippen molar-refractivity contribution in [1.82, 2.24) is 0 Å². The van der Waals surface area contributed by atoms with Crippen LogP contribution in [-0.4, -0.2) is 0 Å². The molecule has 0 bridgehead atoms. The second-order valence-electron chi connectivity index (χ2n) is 8.83. The topological polar surface area (TPSA) is 0 Å². The lowest BCUT2D eigenvalue weighted by Crippen LogP contribution is -1.91. The van der Waals surface area contributed by atoms with Gasteiger partial charge in [-0.05, 0) is 76.8 Å². The molecule has 0 amide bonds. The van der Waals surface area contributed by atoms with E-state index in [0.29, 0.717) is 0 Å². The first-order valence-electron chi connectivity index (χ1n) is 25.8. The first-order chi connectivity index (χ1) is 32.1. The lowest BCUT2D eigenvalue weighted by Gasteiger charge is -2.19. The Kier molecular flexibility index (Phi) is 2.25. The zero-order valence-corrected chi connectivity index (χ0v) is 21.1. The Bertz CT molecular complexity index is 3650. The number of rotatable bonds is 4. The standard InChI is InChI=1S/C42H28/c1-2-11-29(12-3-1)30-21-23-31(24-22-30)32-25-27-34(28-26-32)41-37-16-6-8-18-39(37)42(40-19-9-7-17-38(40)41)36-20-10-14-33-13-4-5-15-35(33)36/h1-28H/i1D,2D,3D,4D,5D,6D,7D,8D,9D,10D,11D,12D,13D,14D,15D,16D,18D,19D,20D,21D,22D,23D,24D,25D,26D,27D,28D. The maximum atomic E-state index is 9.44. The van der Waals surface area contributed by atoms with E-state index in [1.165, 1.54) is 0 Å². The van der Waals surface area contributed by atoms with Crippen LogP contribution in [-0.2, 0) is 0 Å². The van der Waals surface area contributed by atoms with Gasteiger partial charge in [0.1, 0.15) is 0 Å². The molecule has 0 aliphatic carbocycles. The van der Waals surface area contributed by atoms with Gasteiger partial charge in [-0.15, -0.1) is 0 Å². The number of hydrogen-bond donors (Lipinski definition) is 0. The summed E-state index contributed by atoms with van der Waals surface area (Å²) in [6, 6.07) is -23.6. The van der Waals surface area contributed by atoms with Crippen molar-refractivity contribution in [1.29, 1.82) is 0 Å². The summed E-state index contributed by atoms with van der Waals surface area (Å²) >= 11 is 0. The summed E-state index contributed by atoms with van der Waals surface area (Å²) in [5.74, 6) is 0. The Labute approximate surface area is 284 Å². The third-order valence-electron chi connectivity index (χ3n) is 6.51. The molecular weight excluding hydrogens is 504 g/mol. The zero-order chi connectivity index (χ0) is 51.4. The van der Waals surface area contributed by atoms with Crippen molar-refractivity contribution < 1.29 is 37.0 Å². The Balaban J connectivity index is 1.60. The molecule has 0 radical (unpaired) electrons. The molecule has 0 saturated carbocycles. The van der Waals surface area contributed by atoms with Crippen LogP contribution in [0.3, 0.4) is 0 Å². The molecule has 42 heavy (non-hydrogen) atoms. The van der Waals surface area contributed by atoms with Gasteiger partial charge in [0.05, 0.1) is 37.0 Å². The molecule has 0 unspecified atom stereocenters. The molecule has 196 valence electrons. The summed E-state index contributed by atoms with van der Waals surface area (Å²) in [7, 11) is 0. The third-order valence-corrected chi connectivity index (χ3v) is 6.51. The van der Waals surface area contributed by atoms with Gasteiger partial charge in [-0.2, -0.15) is 0 Å². The summed E-state index contributed by atoms with van der Waals surface area (Å²) < 4.78 is 238. The van der Waals surface area contributed by atoms with E-state index in [-0.39, 0.29) is 0 Å². The lowest BCUT2D eigenvalue weighted by molar-refractivity contribution is 1.59. The van der Waals surface area contributed by atoms with Gasteiger partial charge in [0, 0.05) is 0 Å². The van der Waals surface area contributed by atoms with E-state index in [0.717, 1.165) is 6.07 Å². The molecule has 8 aromatic carbocycles. The maximum absolute atomic E-state index is 9.44. The molecule has 0 fully saturated rings. The van der Waals surface area contributed by atoms with Crippen LogP contribution < -0.4 is 0 Å². The summed E-state index contributed by atoms with van der Waals surface area (Å²) in [5, 5.41) is -3.49. The van der Waals surface area contributed by atoms with Gasteiger partial charge < -0.3 is 0 Å². The van der Waals surface area contributed by atoms with Crippen molar-refractivity contribution in [3.8, 4) is 44.5 Å². The normalized spacial score (nSPS) is 20.3. The predicted octanol–water partition coefficient (Wildman–Crippen LogP) is 11.8. The van der Waals surface area contributed by atoms with Crippen LogP contribution in [0, 0.1) is 0 Å². The lowest BCUT2D eigenvalue weighted by atomic mass is 9.84. The van der Waals surface area contributed by atoms with Crippen LogP contribution in [0.1, 0.15) is 37.0 Å². The predicted molar refractivity (Wildman–Crippen MR) is 181 cm³/mol. The van der Waals surface area contributed by atoms with Crippen molar-refractivity contribution in [3.63, 3.8) is 0 Å². The van der Waals surface area contributed by atoms with E-state index < -0.39 is 240 Å². The van der Waals surface area contributed by atoms with Crippen LogP contribution in [0.25, 0.3) is 76.8 Å². The van der Waals surface area contributed by atoms with E-state index in [2.05, 4.69) is 0 Å². The number of fused-ring (bicyclic) bond motifs is 3. The molecule has 0 spiro atoms. The Hall–Kier alpha value is -5.46. The second kappa shape index (κ2) is 10.2. The molecule has 0 aliphatic rings. The van der Waals surface area contributed by atoms with Gasteiger partial charge in [0.2, 0.25) is 0 Å². The molecule has 0 heteroatoms. The van der Waals surface area contributed by atoms with E-state index in [1.807, 2.05) is 0 Å². The van der Waals surface area contributed by atoms with Gasteiger partial charge >= 0.3 is 0 Å². The average molecular weight is 560 g/mol. The highest BCUT2D eigenvalue weighted by Gasteiger charge is 2.17. The Morgan fingerprint density at radius 2 is 0.738 bits per heavy atom. The average Bonchev–Trinajstić information content (AvgIpc) is 3.31. The quantitative estimate of drug-likeness (QED) is 0.188. The van der Waals surface area contributed by atoms with Crippen molar-refractivity contribution in [2.45, 2.75) is 0 Å². The fourth-order valence-electron chi connectivity index (χ4n) is 4.70. The van der Waals surface area contributed by atoms with Crippen LogP contribution in [0.15, 0.2) is 169 Å². The maximum Gasteiger partial charge on any atom is 0.0629 e. The van der Waals surface area contributed by atoms with Gasteiger partial charge in [0.15, 0.2) is 0 Å². The van der Waals surface area contributed by atoms with Gasteiger partial charge in [0.25, 0.3) is 0 Å². The van der Waals surface area contributed by atoms with E-state index in [4.69, 9.17) is 26.0 Å². The monoisotopic (exact) mass is 559 g/mol. The van der Waals surface area contributed by atoms with E-state index in [1.54, 1.807) is 0 Å². The molecular formula is C42H28. The fourth-order valence-corrected chi connectivity index (χ4v) is 4.70. The van der Waals surface area contributed by atoms with Gasteiger partial charge in [-0.3, -0.25) is 0 Å². The first kappa shape index (κ1) is 9.28. The molecule has 0 aromatic heterocycles. The van der Waals surface area contributed by atoms with Crippen molar-refractivity contribution in [3.05, 3.63) is 169 Å². The molecule has 0 aliphatic heterocycles. The first-order valence-corrected chi connectivity index (χ1v) is 12.3. The molecule has 8 rings (SSSR count). The molecule has 0 atom stereocenters. The molecule has 0 saturated heterocycles. The zero-order valence-electron chi connectivity index (χ0n) is 48.1. The molecule has 8 aromatic rings. The van der Waals surface area contributed by atoms with Gasteiger partial charge in [-0.1, -0.05) is 169 Å². The highest BCUT2D eigenvalue weighted by atomic mass is 14.2. The van der Waals surface area contributed by atoms with Crippen LogP contribution in [0.4, 0.5) is 0 Å². The summed E-state index contributed by atoms with van der Waals surface area (Å²) in [4.78, 5) is 0. The fraction of sp³-hybridized carbons (Fsp3) is 0. The van der Waals surface area contributed by atoms with Crippen molar-refractivity contribution in [2.24, 2.45) is 0 Å². The minimum atomic E-state index is -1.05. The smallest absolute Gasteiger partial charge is 0.0622 e. The SMILES string of the molecule is [2H]c1cc2c(-c3c([2H])c([2H])c(-c4c([2H])c([2H])c(-c5c([2H])c([2H])c([2H])c([2H])c5[2H])c([2H])c4[2H])c([2H])c3[2H])c3c([2H])c([2H])c([2H])c([2H])c3c(-c3c([2H])c([2H])c([2H])c4c([2H])c([2H])c([2H])c([2H])c34)c2c([2H])c1[2H]. The van der Waals surface area contributed by atoms with Crippen molar-refractivity contribution in [2.75, 3.05) is 0 Å². The van der Waals surface area contributed by atoms with E-state index >= 15 is 0 Å². The molecule has 0 N–H and O–H groups in total. The molecule has 0 heterocycles. The van der Waals surface area contributed by atoms with Crippen LogP contribution in [0.2, 0.25) is 0 Å². The van der Waals surface area contributed by atoms with Crippen LogP contribution >= 0.6 is 0 Å². The largest absolute Gasteiger partial charge is 0.0629 e. The van der Waals surface area contributed by atoms with Gasteiger partial charge in [-0.25, -0.2) is 0 Å². The summed E-state index contributed by atoms with van der Waals surface area (Å²) in [6.07, 6.45) is 0. The summed E-state index contributed by atoms with van der Waals surface area (Å²) in [6.45, 7) is 0. The highest BCUT2D eigenvalue weighted by Crippen LogP contribution is 2.45. The van der Waals surface area contributed by atoms with E-state index in [9.17, 15) is 11.0 Å². The third kappa shape index (κ3) is 4.08. The number of benzene rings is 8. The minimum Gasteiger partial charge on any atom is -0.0622 e. The number of hydrogen-bond acceptors (Lipinski definition) is 0. The minimum absolute atomic E-state index is 0.468.